The second-order valence-electron chi connectivity index (χ2n) is 11.8. The van der Waals surface area contributed by atoms with Gasteiger partial charge < -0.3 is 32.1 Å². The highest BCUT2D eigenvalue weighted by molar-refractivity contribution is 6.39. The van der Waals surface area contributed by atoms with Gasteiger partial charge >= 0.3 is 6.09 Å². The zero-order valence-corrected chi connectivity index (χ0v) is 25.5. The lowest BCUT2D eigenvalue weighted by Crippen LogP contribution is -2.62. The molecule has 0 aliphatic heterocycles. The van der Waals surface area contributed by atoms with Gasteiger partial charge in [-0.05, 0) is 48.4 Å². The summed E-state index contributed by atoms with van der Waals surface area (Å²) in [5.41, 5.74) is 4.70. The van der Waals surface area contributed by atoms with Crippen molar-refractivity contribution >= 4 is 46.3 Å². The average Bonchev–Trinajstić information content (AvgIpc) is 2.93. The molecule has 0 bridgehead atoms. The summed E-state index contributed by atoms with van der Waals surface area (Å²) in [4.78, 5) is 75.9. The van der Waals surface area contributed by atoms with Crippen molar-refractivity contribution in [3.63, 3.8) is 0 Å². The molecule has 0 fully saturated rings. The van der Waals surface area contributed by atoms with Crippen molar-refractivity contribution in [2.24, 2.45) is 17.6 Å². The molecule has 0 heterocycles. The quantitative estimate of drug-likeness (QED) is 0.169. The molecule has 4 atom stereocenters. The molecule has 2 aromatic rings. The van der Waals surface area contributed by atoms with E-state index in [4.69, 9.17) is 10.8 Å². The molecule has 0 radical (unpaired) electrons. The number of fused-ring (bicyclic) bond motifs is 1. The number of carbonyl (C=O) groups excluding carboxylic acids is 5. The summed E-state index contributed by atoms with van der Waals surface area (Å²) in [7, 11) is 0. The van der Waals surface area contributed by atoms with Crippen molar-refractivity contribution in [2.75, 3.05) is 0 Å². The minimum absolute atomic E-state index is 0.0339. The Morgan fingerprint density at radius 2 is 1.51 bits per heavy atom. The van der Waals surface area contributed by atoms with E-state index in [0.717, 1.165) is 16.3 Å². The van der Waals surface area contributed by atoms with Crippen molar-refractivity contribution in [3.05, 3.63) is 48.0 Å². The monoisotopic (exact) mass is 597 g/mol. The van der Waals surface area contributed by atoms with Crippen LogP contribution in [0.5, 0.6) is 0 Å². The highest BCUT2D eigenvalue weighted by atomic mass is 16.4. The standard InChI is InChI=1S/C31H43N5O7/c1-7-18(4)24(35-27(39)23(14-17(2)3)34-30(42)43)25(37)28(40)36-31(5,6)29(41)33-22(26(32)38)16-19-12-13-20-10-8-9-11-21(20)15-19/h8-13,15,17-18,22-24,34H,7,14,16H2,1-6H3,(H2,32,38)(H,33,41)(H,35,39)(H,36,40)(H,42,43). The van der Waals surface area contributed by atoms with Crippen LogP contribution in [-0.2, 0) is 30.4 Å². The Labute approximate surface area is 251 Å². The Morgan fingerprint density at radius 1 is 0.884 bits per heavy atom. The van der Waals surface area contributed by atoms with E-state index in [9.17, 15) is 28.8 Å². The van der Waals surface area contributed by atoms with Crippen LogP contribution >= 0.6 is 0 Å². The van der Waals surface area contributed by atoms with E-state index < -0.39 is 65.1 Å². The maximum absolute atomic E-state index is 13.3. The first kappa shape index (κ1) is 34.7. The van der Waals surface area contributed by atoms with Crippen molar-refractivity contribution in [1.82, 2.24) is 21.3 Å². The van der Waals surface area contributed by atoms with Crippen molar-refractivity contribution in [1.29, 1.82) is 0 Å². The van der Waals surface area contributed by atoms with E-state index >= 15 is 0 Å². The van der Waals surface area contributed by atoms with Gasteiger partial charge in [0.2, 0.25) is 23.5 Å². The van der Waals surface area contributed by atoms with E-state index in [-0.39, 0.29) is 18.8 Å². The maximum Gasteiger partial charge on any atom is 0.405 e. The SMILES string of the molecule is CCC(C)C(NC(=O)C(CC(C)C)NC(=O)O)C(=O)C(=O)NC(C)(C)C(=O)NC(Cc1ccc2ccccc2c1)C(N)=O. The van der Waals surface area contributed by atoms with Crippen LogP contribution in [0.2, 0.25) is 0 Å². The normalized spacial score (nSPS) is 14.2. The summed E-state index contributed by atoms with van der Waals surface area (Å²) in [6.07, 6.45) is -0.685. The number of amides is 5. The van der Waals surface area contributed by atoms with Crippen LogP contribution in [-0.4, -0.2) is 64.3 Å². The summed E-state index contributed by atoms with van der Waals surface area (Å²) >= 11 is 0. The lowest BCUT2D eigenvalue weighted by Gasteiger charge is -2.29. The van der Waals surface area contributed by atoms with Crippen LogP contribution in [0.1, 0.15) is 59.9 Å². The summed E-state index contributed by atoms with van der Waals surface area (Å²) in [6.45, 7) is 9.80. The molecule has 0 aliphatic carbocycles. The molecule has 2 aromatic carbocycles. The number of Topliss-reactive ketones (excluding diaryl/α,β-unsaturated/α-hetero) is 1. The molecule has 43 heavy (non-hydrogen) atoms. The number of ketones is 1. The fourth-order valence-corrected chi connectivity index (χ4v) is 4.51. The van der Waals surface area contributed by atoms with Gasteiger partial charge in [-0.3, -0.25) is 24.0 Å². The van der Waals surface area contributed by atoms with Crippen LogP contribution in [0.25, 0.3) is 10.8 Å². The first-order chi connectivity index (χ1) is 20.0. The van der Waals surface area contributed by atoms with E-state index in [1.165, 1.54) is 13.8 Å². The predicted octanol–water partition coefficient (Wildman–Crippen LogP) is 2.03. The van der Waals surface area contributed by atoms with E-state index in [1.807, 2.05) is 56.3 Å². The third kappa shape index (κ3) is 10.1. The first-order valence-electron chi connectivity index (χ1n) is 14.3. The number of carbonyl (C=O) groups is 6. The van der Waals surface area contributed by atoms with Crippen LogP contribution in [0.15, 0.2) is 42.5 Å². The van der Waals surface area contributed by atoms with E-state index in [1.54, 1.807) is 13.8 Å². The Morgan fingerprint density at radius 3 is 2.07 bits per heavy atom. The van der Waals surface area contributed by atoms with Gasteiger partial charge in [0.25, 0.3) is 5.91 Å². The van der Waals surface area contributed by atoms with Gasteiger partial charge in [-0.15, -0.1) is 0 Å². The van der Waals surface area contributed by atoms with E-state index in [2.05, 4.69) is 21.3 Å². The van der Waals surface area contributed by atoms with Gasteiger partial charge in [0.05, 0.1) is 6.04 Å². The third-order valence-electron chi connectivity index (χ3n) is 7.23. The van der Waals surface area contributed by atoms with Gasteiger partial charge in [-0.2, -0.15) is 0 Å². The molecular weight excluding hydrogens is 554 g/mol. The van der Waals surface area contributed by atoms with Crippen LogP contribution in [0, 0.1) is 11.8 Å². The lowest BCUT2D eigenvalue weighted by atomic mass is 9.93. The number of hydrogen-bond acceptors (Lipinski definition) is 6. The topological polar surface area (TPSA) is 197 Å². The second-order valence-corrected chi connectivity index (χ2v) is 11.8. The summed E-state index contributed by atoms with van der Waals surface area (Å²) in [5.74, 6) is -4.89. The average molecular weight is 598 g/mol. The van der Waals surface area contributed by atoms with Crippen molar-refractivity contribution in [2.45, 2.75) is 84.5 Å². The molecule has 0 saturated carbocycles. The molecule has 0 aliphatic rings. The highest BCUT2D eigenvalue weighted by Gasteiger charge is 2.38. The molecule has 2 rings (SSSR count). The number of hydrogen-bond donors (Lipinski definition) is 6. The molecule has 234 valence electrons. The number of nitrogens with one attached hydrogen (secondary N) is 4. The number of rotatable bonds is 15. The molecule has 12 heteroatoms. The van der Waals surface area contributed by atoms with Gasteiger partial charge in [-0.1, -0.05) is 76.6 Å². The Kier molecular flexibility index (Phi) is 12.2. The Balaban J connectivity index is 2.15. The highest BCUT2D eigenvalue weighted by Crippen LogP contribution is 2.17. The number of nitrogens with two attached hydrogens (primary N) is 1. The second kappa shape index (κ2) is 15.1. The Hall–Kier alpha value is -4.48. The van der Waals surface area contributed by atoms with Crippen molar-refractivity contribution < 1.29 is 33.9 Å². The fraction of sp³-hybridized carbons (Fsp3) is 0.484. The first-order valence-corrected chi connectivity index (χ1v) is 14.3. The number of carboxylic acid groups (broad SMARTS) is 1. The largest absolute Gasteiger partial charge is 0.465 e. The van der Waals surface area contributed by atoms with Crippen LogP contribution in [0.4, 0.5) is 4.79 Å². The molecule has 0 aromatic heterocycles. The van der Waals surface area contributed by atoms with E-state index in [0.29, 0.717) is 6.42 Å². The Bertz CT molecular complexity index is 1360. The fourth-order valence-electron chi connectivity index (χ4n) is 4.51. The van der Waals surface area contributed by atoms with Crippen LogP contribution in [0.3, 0.4) is 0 Å². The maximum atomic E-state index is 13.3. The number of benzene rings is 2. The van der Waals surface area contributed by atoms with Crippen molar-refractivity contribution in [3.8, 4) is 0 Å². The molecule has 7 N–H and O–H groups in total. The van der Waals surface area contributed by atoms with Crippen LogP contribution < -0.4 is 27.0 Å². The summed E-state index contributed by atoms with van der Waals surface area (Å²) < 4.78 is 0. The molecule has 4 unspecified atom stereocenters. The predicted molar refractivity (Wildman–Crippen MR) is 162 cm³/mol. The zero-order chi connectivity index (χ0) is 32.5. The smallest absolute Gasteiger partial charge is 0.405 e. The van der Waals surface area contributed by atoms with Gasteiger partial charge in [-0.25, -0.2) is 4.79 Å². The minimum Gasteiger partial charge on any atom is -0.465 e. The van der Waals surface area contributed by atoms with Gasteiger partial charge in [0.15, 0.2) is 0 Å². The summed E-state index contributed by atoms with van der Waals surface area (Å²) in [6, 6.07) is 9.81. The third-order valence-corrected chi connectivity index (χ3v) is 7.23. The lowest BCUT2D eigenvalue weighted by molar-refractivity contribution is -0.143. The zero-order valence-electron chi connectivity index (χ0n) is 25.5. The summed E-state index contributed by atoms with van der Waals surface area (Å²) in [5, 5.41) is 20.8. The van der Waals surface area contributed by atoms with Gasteiger partial charge in [0.1, 0.15) is 17.6 Å². The molecular formula is C31H43N5O7. The molecule has 0 saturated heterocycles. The number of primary amides is 1. The minimum atomic E-state index is -1.64. The molecule has 12 nitrogen and oxygen atoms in total. The molecule has 0 spiro atoms. The van der Waals surface area contributed by atoms with Gasteiger partial charge in [0, 0.05) is 6.42 Å². The molecule has 5 amide bonds.